The topological polar surface area (TPSA) is 79.7 Å². The molecule has 1 N–H and O–H groups in total. The highest BCUT2D eigenvalue weighted by molar-refractivity contribution is 8.01. The predicted octanol–water partition coefficient (Wildman–Crippen LogP) is 3.48. The molecular weight excluding hydrogens is 441 g/mol. The van der Waals surface area contributed by atoms with E-state index in [0.717, 1.165) is 35.9 Å². The summed E-state index contributed by atoms with van der Waals surface area (Å²) in [6.07, 6.45) is 0.191. The number of amides is 1. The van der Waals surface area contributed by atoms with Crippen LogP contribution in [0, 0.1) is 0 Å². The largest absolute Gasteiger partial charge is 0.490 e. The van der Waals surface area contributed by atoms with Gasteiger partial charge in [-0.25, -0.2) is 4.79 Å². The lowest BCUT2D eigenvalue weighted by atomic mass is 9.92. The van der Waals surface area contributed by atoms with Gasteiger partial charge in [0.1, 0.15) is 11.9 Å². The summed E-state index contributed by atoms with van der Waals surface area (Å²) in [5, 5.41) is 9.15. The second-order valence-corrected chi connectivity index (χ2v) is 9.46. The average molecular weight is 460 g/mol. The number of carbonyl (C=O) groups excluding carboxylic acids is 1. The first-order chi connectivity index (χ1) is 14.2. The first-order valence-corrected chi connectivity index (χ1v) is 10.8. The number of likely N-dealkylation sites (tertiary alicyclic amines) is 1. The zero-order chi connectivity index (χ0) is 21.8. The summed E-state index contributed by atoms with van der Waals surface area (Å²) < 4.78 is 37.9. The van der Waals surface area contributed by atoms with Crippen molar-refractivity contribution in [3.63, 3.8) is 0 Å². The monoisotopic (exact) mass is 460 g/mol. The van der Waals surface area contributed by atoms with Gasteiger partial charge in [-0.05, 0) is 23.6 Å². The van der Waals surface area contributed by atoms with Crippen molar-refractivity contribution >= 4 is 35.0 Å². The van der Waals surface area contributed by atoms with Crippen molar-refractivity contribution in [1.82, 2.24) is 9.88 Å². The minimum Gasteiger partial charge on any atom is -0.488 e. The summed E-state index contributed by atoms with van der Waals surface area (Å²) in [5.41, 5.74) is 0. The summed E-state index contributed by atoms with van der Waals surface area (Å²) in [7, 11) is 0. The van der Waals surface area contributed by atoms with Gasteiger partial charge in [0.15, 0.2) is 0 Å². The van der Waals surface area contributed by atoms with Crippen LogP contribution < -0.4 is 4.74 Å². The SMILES string of the molecule is O=C(Cc1cccs1)N1CC2(CC(Oc3cccnc3)CS2)C1.O=C(O)C(F)(F)F. The third-order valence-electron chi connectivity index (χ3n) is 4.57. The molecule has 2 aromatic rings. The standard InChI is InChI=1S/C17H18N2O2S2.C2HF3O2/c20-16(7-15-4-2-6-22-15)19-11-17(12-19)8-14(10-23-17)21-13-3-1-5-18-9-13;3-2(4,5)1(6)7/h1-6,9,14H,7-8,10-12H2;(H,6,7). The van der Waals surface area contributed by atoms with Gasteiger partial charge >= 0.3 is 12.1 Å². The van der Waals surface area contributed by atoms with Crippen molar-refractivity contribution < 1.29 is 32.6 Å². The summed E-state index contributed by atoms with van der Waals surface area (Å²) in [5.74, 6) is -0.690. The number of carbonyl (C=O) groups is 2. The van der Waals surface area contributed by atoms with Crippen LogP contribution in [0.3, 0.4) is 0 Å². The number of nitrogens with zero attached hydrogens (tertiary/aromatic N) is 2. The number of pyridine rings is 1. The maximum absolute atomic E-state index is 12.3. The maximum atomic E-state index is 12.3. The molecule has 2 saturated heterocycles. The molecule has 0 aliphatic carbocycles. The molecule has 4 heterocycles. The molecule has 4 rings (SSSR count). The number of carboxylic acids is 1. The Morgan fingerprint density at radius 2 is 2.03 bits per heavy atom. The number of hydrogen-bond donors (Lipinski definition) is 1. The van der Waals surface area contributed by atoms with E-state index < -0.39 is 12.1 Å². The Balaban J connectivity index is 0.000000318. The second kappa shape index (κ2) is 9.25. The molecule has 2 aromatic heterocycles. The minimum absolute atomic E-state index is 0.206. The Kier molecular flexibility index (Phi) is 6.91. The quantitative estimate of drug-likeness (QED) is 0.753. The highest BCUT2D eigenvalue weighted by atomic mass is 32.2. The zero-order valence-electron chi connectivity index (χ0n) is 15.7. The zero-order valence-corrected chi connectivity index (χ0v) is 17.3. The minimum atomic E-state index is -5.08. The molecule has 0 aromatic carbocycles. The molecule has 30 heavy (non-hydrogen) atoms. The smallest absolute Gasteiger partial charge is 0.488 e. The number of ether oxygens (including phenoxy) is 1. The van der Waals surface area contributed by atoms with Gasteiger partial charge in [0.05, 0.1) is 17.4 Å². The lowest BCUT2D eigenvalue weighted by Gasteiger charge is -2.47. The van der Waals surface area contributed by atoms with Gasteiger partial charge in [0.2, 0.25) is 5.91 Å². The molecule has 0 radical (unpaired) electrons. The van der Waals surface area contributed by atoms with Gasteiger partial charge < -0.3 is 14.7 Å². The first kappa shape index (κ1) is 22.4. The van der Waals surface area contributed by atoms with Crippen LogP contribution in [0.5, 0.6) is 5.75 Å². The molecule has 1 amide bonds. The molecule has 162 valence electrons. The lowest BCUT2D eigenvalue weighted by molar-refractivity contribution is -0.192. The number of rotatable bonds is 4. The van der Waals surface area contributed by atoms with E-state index in [1.807, 2.05) is 46.3 Å². The van der Waals surface area contributed by atoms with E-state index in [0.29, 0.717) is 6.42 Å². The molecule has 11 heteroatoms. The number of halogens is 3. The molecule has 0 bridgehead atoms. The van der Waals surface area contributed by atoms with Gasteiger partial charge in [-0.1, -0.05) is 6.07 Å². The van der Waals surface area contributed by atoms with Crippen LogP contribution in [0.1, 0.15) is 11.3 Å². The average Bonchev–Trinajstić information content (AvgIpc) is 3.31. The van der Waals surface area contributed by atoms with Crippen molar-refractivity contribution in [1.29, 1.82) is 0 Å². The van der Waals surface area contributed by atoms with Gasteiger partial charge in [-0.2, -0.15) is 13.2 Å². The second-order valence-electron chi connectivity index (χ2n) is 6.94. The van der Waals surface area contributed by atoms with Gasteiger partial charge in [-0.15, -0.1) is 23.1 Å². The van der Waals surface area contributed by atoms with E-state index in [4.69, 9.17) is 14.6 Å². The predicted molar refractivity (Wildman–Crippen MR) is 107 cm³/mol. The van der Waals surface area contributed by atoms with Gasteiger partial charge in [-0.3, -0.25) is 9.78 Å². The molecule has 1 spiro atoms. The molecule has 1 unspecified atom stereocenters. The van der Waals surface area contributed by atoms with Gasteiger partial charge in [0, 0.05) is 36.3 Å². The van der Waals surface area contributed by atoms with Crippen LogP contribution in [-0.2, 0) is 16.0 Å². The van der Waals surface area contributed by atoms with Crippen molar-refractivity contribution in [2.75, 3.05) is 18.8 Å². The van der Waals surface area contributed by atoms with Crippen molar-refractivity contribution in [2.24, 2.45) is 0 Å². The lowest BCUT2D eigenvalue weighted by Crippen LogP contribution is -2.61. The van der Waals surface area contributed by atoms with Crippen LogP contribution in [0.4, 0.5) is 13.2 Å². The molecule has 2 aliphatic heterocycles. The maximum Gasteiger partial charge on any atom is 0.490 e. The summed E-state index contributed by atoms with van der Waals surface area (Å²) in [4.78, 5) is 28.4. The number of carboxylic acid groups (broad SMARTS) is 1. The fourth-order valence-electron chi connectivity index (χ4n) is 3.21. The van der Waals surface area contributed by atoms with E-state index in [2.05, 4.69) is 4.98 Å². The third kappa shape index (κ3) is 5.88. The molecular formula is C19H19F3N2O4S2. The molecule has 0 saturated carbocycles. The van der Waals surface area contributed by atoms with Crippen LogP contribution in [-0.4, -0.2) is 62.7 Å². The van der Waals surface area contributed by atoms with E-state index in [1.54, 1.807) is 23.7 Å². The van der Waals surface area contributed by atoms with E-state index in [1.165, 1.54) is 0 Å². The van der Waals surface area contributed by atoms with Crippen molar-refractivity contribution in [2.45, 2.75) is 29.9 Å². The molecule has 6 nitrogen and oxygen atoms in total. The highest BCUT2D eigenvalue weighted by Crippen LogP contribution is 2.46. The number of thiophene rings is 1. The van der Waals surface area contributed by atoms with Crippen LogP contribution >= 0.6 is 23.1 Å². The Morgan fingerprint density at radius 3 is 2.60 bits per heavy atom. The highest BCUT2D eigenvalue weighted by Gasteiger charge is 2.51. The molecule has 2 fully saturated rings. The Bertz CT molecular complexity index is 856. The summed E-state index contributed by atoms with van der Waals surface area (Å²) in [6.45, 7) is 1.71. The number of aromatic nitrogens is 1. The van der Waals surface area contributed by atoms with E-state index in [9.17, 15) is 18.0 Å². The third-order valence-corrected chi connectivity index (χ3v) is 7.02. The Morgan fingerprint density at radius 1 is 1.30 bits per heavy atom. The molecule has 1 atom stereocenters. The molecule has 2 aliphatic rings. The number of hydrogen-bond acceptors (Lipinski definition) is 6. The number of alkyl halides is 3. The van der Waals surface area contributed by atoms with Crippen LogP contribution in [0.25, 0.3) is 0 Å². The Labute approximate surface area is 179 Å². The van der Waals surface area contributed by atoms with E-state index >= 15 is 0 Å². The fraction of sp³-hybridized carbons (Fsp3) is 0.421. The van der Waals surface area contributed by atoms with Crippen LogP contribution in [0.15, 0.2) is 42.0 Å². The van der Waals surface area contributed by atoms with Gasteiger partial charge in [0.25, 0.3) is 0 Å². The number of aliphatic carboxylic acids is 1. The first-order valence-electron chi connectivity index (χ1n) is 8.98. The van der Waals surface area contributed by atoms with Crippen molar-refractivity contribution in [3.05, 3.63) is 46.9 Å². The van der Waals surface area contributed by atoms with Crippen LogP contribution in [0.2, 0.25) is 0 Å². The number of thioether (sulfide) groups is 1. The normalized spacial score (nSPS) is 19.6. The van der Waals surface area contributed by atoms with E-state index in [-0.39, 0.29) is 16.8 Å². The Hall–Kier alpha value is -2.27. The van der Waals surface area contributed by atoms with Crippen molar-refractivity contribution in [3.8, 4) is 5.75 Å². The summed E-state index contributed by atoms with van der Waals surface area (Å²) in [6, 6.07) is 7.86. The fourth-order valence-corrected chi connectivity index (χ4v) is 5.43. The summed E-state index contributed by atoms with van der Waals surface area (Å²) >= 11 is 3.60.